The average Bonchev–Trinajstić information content (AvgIpc) is 2.56. The Morgan fingerprint density at radius 2 is 0.733 bits per heavy atom. The Hall–Kier alpha value is -1.56. The summed E-state index contributed by atoms with van der Waals surface area (Å²) in [5, 5.41) is 0. The normalized spacial score (nSPS) is 25.2. The van der Waals surface area contributed by atoms with Gasteiger partial charge in [-0.15, -0.1) is 0 Å². The quantitative estimate of drug-likeness (QED) is 0.378. The molecule has 2 unspecified atom stereocenters. The van der Waals surface area contributed by atoms with Gasteiger partial charge in [-0.25, -0.2) is 0 Å². The molecule has 3 aliphatic rings. The fraction of sp³-hybridized carbons (Fsp3) is 0.600. The SMILES string of the molecule is CC(C)(C)C1=CC2=CC=C3C=C(C(C)(C)C)C=C(C(C)(C)C)C3C2C(C(C)(C)C)=C1. The van der Waals surface area contributed by atoms with E-state index in [1.807, 2.05) is 0 Å². The van der Waals surface area contributed by atoms with Gasteiger partial charge in [-0.2, -0.15) is 0 Å². The highest BCUT2D eigenvalue weighted by molar-refractivity contribution is 5.59. The van der Waals surface area contributed by atoms with Gasteiger partial charge in [0, 0.05) is 11.8 Å². The van der Waals surface area contributed by atoms with Gasteiger partial charge in [-0.1, -0.05) is 131 Å². The van der Waals surface area contributed by atoms with Crippen molar-refractivity contribution >= 4 is 0 Å². The van der Waals surface area contributed by atoms with E-state index in [2.05, 4.69) is 120 Å². The predicted molar refractivity (Wildman–Crippen MR) is 133 cm³/mol. The van der Waals surface area contributed by atoms with Crippen LogP contribution in [-0.4, -0.2) is 0 Å². The zero-order chi connectivity index (χ0) is 22.9. The van der Waals surface area contributed by atoms with Gasteiger partial charge in [-0.05, 0) is 44.0 Å². The smallest absolute Gasteiger partial charge is 0.0163 e. The van der Waals surface area contributed by atoms with E-state index in [1.54, 1.807) is 11.1 Å². The lowest BCUT2D eigenvalue weighted by atomic mass is 9.57. The summed E-state index contributed by atoms with van der Waals surface area (Å²) in [5.41, 5.74) is 9.63. The zero-order valence-corrected chi connectivity index (χ0v) is 21.6. The van der Waals surface area contributed by atoms with Gasteiger partial charge in [0.05, 0.1) is 0 Å². The van der Waals surface area contributed by atoms with Crippen LogP contribution in [0.3, 0.4) is 0 Å². The third kappa shape index (κ3) is 4.25. The summed E-state index contributed by atoms with van der Waals surface area (Å²) in [7, 11) is 0. The van der Waals surface area contributed by atoms with E-state index in [4.69, 9.17) is 0 Å². The maximum Gasteiger partial charge on any atom is 0.0163 e. The van der Waals surface area contributed by atoms with E-state index in [0.29, 0.717) is 11.8 Å². The summed E-state index contributed by atoms with van der Waals surface area (Å²) in [6, 6.07) is 0. The van der Waals surface area contributed by atoms with Crippen molar-refractivity contribution in [2.75, 3.05) is 0 Å². The molecule has 0 saturated heterocycles. The summed E-state index contributed by atoms with van der Waals surface area (Å²) in [5.74, 6) is 0.860. The average molecular weight is 405 g/mol. The first-order chi connectivity index (χ1) is 13.4. The second-order valence-electron chi connectivity index (χ2n) is 13.7. The van der Waals surface area contributed by atoms with E-state index < -0.39 is 0 Å². The number of rotatable bonds is 0. The molecule has 0 spiro atoms. The second-order valence-corrected chi connectivity index (χ2v) is 13.7. The Labute approximate surface area is 186 Å². The second kappa shape index (κ2) is 6.98. The first-order valence-electron chi connectivity index (χ1n) is 11.7. The van der Waals surface area contributed by atoms with Crippen molar-refractivity contribution < 1.29 is 0 Å². The molecule has 0 saturated carbocycles. The Morgan fingerprint density at radius 3 is 0.967 bits per heavy atom. The fourth-order valence-corrected chi connectivity index (χ4v) is 4.97. The van der Waals surface area contributed by atoms with Gasteiger partial charge in [0.2, 0.25) is 0 Å². The lowest BCUT2D eigenvalue weighted by molar-refractivity contribution is 0.355. The highest BCUT2D eigenvalue weighted by Crippen LogP contribution is 2.55. The summed E-state index contributed by atoms with van der Waals surface area (Å²) >= 11 is 0. The molecule has 0 N–H and O–H groups in total. The minimum atomic E-state index is 0.133. The molecule has 0 aliphatic heterocycles. The molecule has 0 heterocycles. The zero-order valence-electron chi connectivity index (χ0n) is 21.6. The highest BCUT2D eigenvalue weighted by atomic mass is 14.5. The topological polar surface area (TPSA) is 0 Å². The van der Waals surface area contributed by atoms with Crippen LogP contribution in [0.25, 0.3) is 0 Å². The van der Waals surface area contributed by atoms with Crippen LogP contribution in [0.15, 0.2) is 69.9 Å². The number of fused-ring (bicyclic) bond motifs is 3. The summed E-state index contributed by atoms with van der Waals surface area (Å²) in [6.45, 7) is 28.3. The molecule has 2 atom stereocenters. The minimum absolute atomic E-state index is 0.133. The van der Waals surface area contributed by atoms with Crippen LogP contribution < -0.4 is 0 Å². The van der Waals surface area contributed by atoms with E-state index in [-0.39, 0.29) is 21.7 Å². The monoisotopic (exact) mass is 404 g/mol. The van der Waals surface area contributed by atoms with Gasteiger partial charge in [0.1, 0.15) is 0 Å². The summed E-state index contributed by atoms with van der Waals surface area (Å²) in [6.07, 6.45) is 14.8. The Morgan fingerprint density at radius 1 is 0.433 bits per heavy atom. The molecular weight excluding hydrogens is 360 g/mol. The molecular formula is C30H44. The third-order valence-corrected chi connectivity index (χ3v) is 6.92. The van der Waals surface area contributed by atoms with Crippen molar-refractivity contribution in [2.24, 2.45) is 33.5 Å². The first kappa shape index (κ1) is 23.1. The molecule has 0 aromatic rings. The first-order valence-corrected chi connectivity index (χ1v) is 11.7. The van der Waals surface area contributed by atoms with E-state index in [9.17, 15) is 0 Å². The maximum atomic E-state index is 2.54. The van der Waals surface area contributed by atoms with Gasteiger partial charge in [0.15, 0.2) is 0 Å². The van der Waals surface area contributed by atoms with Crippen LogP contribution in [0.2, 0.25) is 0 Å². The molecule has 0 heteroatoms. The predicted octanol–water partition coefficient (Wildman–Crippen LogP) is 9.00. The molecule has 0 fully saturated rings. The van der Waals surface area contributed by atoms with Crippen molar-refractivity contribution in [1.29, 1.82) is 0 Å². The van der Waals surface area contributed by atoms with Gasteiger partial charge in [0.25, 0.3) is 0 Å². The Balaban J connectivity index is 2.27. The van der Waals surface area contributed by atoms with Crippen LogP contribution in [0.4, 0.5) is 0 Å². The highest BCUT2D eigenvalue weighted by Gasteiger charge is 2.44. The molecule has 0 nitrogen and oxygen atoms in total. The summed E-state index contributed by atoms with van der Waals surface area (Å²) in [4.78, 5) is 0. The van der Waals surface area contributed by atoms with E-state index >= 15 is 0 Å². The molecule has 0 bridgehead atoms. The van der Waals surface area contributed by atoms with Crippen LogP contribution in [0, 0.1) is 33.5 Å². The van der Waals surface area contributed by atoms with Crippen molar-refractivity contribution in [3.63, 3.8) is 0 Å². The van der Waals surface area contributed by atoms with Gasteiger partial charge < -0.3 is 0 Å². The largest absolute Gasteiger partial charge is 0.0581 e. The molecule has 3 aliphatic carbocycles. The standard InChI is InChI=1S/C30H44/c1-27(2,3)21-15-19-13-14-20-16-22(28(4,5)6)18-24(30(10,11)12)26(20)25(19)23(17-21)29(7,8)9/h13-18,25-26H,1-12H3. The molecule has 0 radical (unpaired) electrons. The number of hydrogen-bond acceptors (Lipinski definition) is 0. The molecule has 164 valence electrons. The molecule has 0 aromatic heterocycles. The van der Waals surface area contributed by atoms with Crippen molar-refractivity contribution in [3.8, 4) is 0 Å². The Kier molecular flexibility index (Phi) is 5.37. The lowest BCUT2D eigenvalue weighted by Gasteiger charge is -2.47. The van der Waals surface area contributed by atoms with Gasteiger partial charge >= 0.3 is 0 Å². The Bertz CT molecular complexity index is 828. The minimum Gasteiger partial charge on any atom is -0.0581 e. The molecule has 0 aromatic carbocycles. The van der Waals surface area contributed by atoms with Crippen LogP contribution in [0.1, 0.15) is 83.1 Å². The van der Waals surface area contributed by atoms with Crippen molar-refractivity contribution in [3.05, 3.63) is 69.9 Å². The number of allylic oxidation sites excluding steroid dienone is 12. The summed E-state index contributed by atoms with van der Waals surface area (Å²) < 4.78 is 0. The third-order valence-electron chi connectivity index (χ3n) is 6.92. The number of hydrogen-bond donors (Lipinski definition) is 0. The van der Waals surface area contributed by atoms with Crippen LogP contribution in [-0.2, 0) is 0 Å². The molecule has 3 rings (SSSR count). The van der Waals surface area contributed by atoms with Crippen LogP contribution >= 0.6 is 0 Å². The van der Waals surface area contributed by atoms with Crippen molar-refractivity contribution in [1.82, 2.24) is 0 Å². The van der Waals surface area contributed by atoms with Gasteiger partial charge in [-0.3, -0.25) is 0 Å². The fourth-order valence-electron chi connectivity index (χ4n) is 4.97. The van der Waals surface area contributed by atoms with E-state index in [0.717, 1.165) is 0 Å². The lowest BCUT2D eigenvalue weighted by Crippen LogP contribution is -2.36. The molecule has 30 heavy (non-hydrogen) atoms. The molecule has 0 amide bonds. The van der Waals surface area contributed by atoms with E-state index in [1.165, 1.54) is 22.3 Å². The maximum absolute atomic E-state index is 2.54. The van der Waals surface area contributed by atoms with Crippen LogP contribution in [0.5, 0.6) is 0 Å². The van der Waals surface area contributed by atoms with Crippen molar-refractivity contribution in [2.45, 2.75) is 83.1 Å².